The van der Waals surface area contributed by atoms with Crippen LogP contribution < -0.4 is 10.6 Å². The Morgan fingerprint density at radius 1 is 1.14 bits per heavy atom. The Bertz CT molecular complexity index is 709. The van der Waals surface area contributed by atoms with Gasteiger partial charge >= 0.3 is 0 Å². The van der Waals surface area contributed by atoms with E-state index in [9.17, 15) is 4.79 Å². The Labute approximate surface area is 145 Å². The second kappa shape index (κ2) is 7.22. The molecule has 2 rings (SSSR count). The van der Waals surface area contributed by atoms with Crippen LogP contribution >= 0.6 is 51.3 Å². The van der Waals surface area contributed by atoms with Gasteiger partial charge in [0.25, 0.3) is 5.91 Å². The molecule has 21 heavy (non-hydrogen) atoms. The Hall–Kier alpha value is -1.14. The van der Waals surface area contributed by atoms with Gasteiger partial charge in [-0.05, 0) is 58.5 Å². The molecule has 7 heteroatoms. The number of rotatable bonds is 2. The molecule has 108 valence electrons. The zero-order chi connectivity index (χ0) is 15.4. The highest BCUT2D eigenvalue weighted by Gasteiger charge is 2.11. The Morgan fingerprint density at radius 3 is 2.57 bits per heavy atom. The highest BCUT2D eigenvalue weighted by molar-refractivity contribution is 9.10. The van der Waals surface area contributed by atoms with Crippen LogP contribution in [-0.2, 0) is 0 Å². The molecule has 2 aromatic rings. The minimum absolute atomic E-state index is 0.139. The first kappa shape index (κ1) is 16.2. The number of carbonyl (C=O) groups is 1. The van der Waals surface area contributed by atoms with Gasteiger partial charge in [0.05, 0.1) is 16.3 Å². The minimum atomic E-state index is -0.321. The topological polar surface area (TPSA) is 41.1 Å². The van der Waals surface area contributed by atoms with Gasteiger partial charge in [-0.1, -0.05) is 35.3 Å². The second-order valence-corrected chi connectivity index (χ2v) is 6.12. The van der Waals surface area contributed by atoms with Crippen LogP contribution in [0.25, 0.3) is 0 Å². The van der Waals surface area contributed by atoms with Crippen molar-refractivity contribution in [1.82, 2.24) is 5.32 Å². The fraction of sp³-hybridized carbons (Fsp3) is 0. The van der Waals surface area contributed by atoms with Crippen molar-refractivity contribution in [3.05, 3.63) is 62.5 Å². The first-order valence-corrected chi connectivity index (χ1v) is 7.75. The van der Waals surface area contributed by atoms with E-state index < -0.39 is 0 Å². The molecule has 0 aliphatic rings. The number of hydrogen-bond donors (Lipinski definition) is 2. The second-order valence-electron chi connectivity index (χ2n) is 4.01. The summed E-state index contributed by atoms with van der Waals surface area (Å²) in [5.41, 5.74) is 1.01. The molecule has 0 radical (unpaired) electrons. The number of amides is 1. The predicted molar refractivity (Wildman–Crippen MR) is 94.3 cm³/mol. The third-order valence-corrected chi connectivity index (χ3v) is 3.98. The monoisotopic (exact) mass is 402 g/mol. The molecule has 2 N–H and O–H groups in total. The molecular formula is C14H9BrCl2N2OS. The van der Waals surface area contributed by atoms with Crippen molar-refractivity contribution in [3.63, 3.8) is 0 Å². The Kier molecular flexibility index (Phi) is 5.58. The summed E-state index contributed by atoms with van der Waals surface area (Å²) in [5.74, 6) is -0.321. The molecule has 0 aliphatic heterocycles. The third-order valence-electron chi connectivity index (χ3n) is 2.52. The summed E-state index contributed by atoms with van der Waals surface area (Å²) in [5, 5.41) is 6.53. The zero-order valence-electron chi connectivity index (χ0n) is 10.5. The van der Waals surface area contributed by atoms with Crippen LogP contribution in [0.2, 0.25) is 10.0 Å². The summed E-state index contributed by atoms with van der Waals surface area (Å²) >= 11 is 20.3. The van der Waals surface area contributed by atoms with Crippen LogP contribution in [0, 0.1) is 0 Å². The van der Waals surface area contributed by atoms with Crippen LogP contribution in [-0.4, -0.2) is 11.0 Å². The molecule has 0 spiro atoms. The van der Waals surface area contributed by atoms with Crippen LogP contribution in [0.15, 0.2) is 46.9 Å². The highest BCUT2D eigenvalue weighted by atomic mass is 79.9. The molecule has 0 aliphatic carbocycles. The largest absolute Gasteiger partial charge is 0.331 e. The van der Waals surface area contributed by atoms with Gasteiger partial charge in [0.15, 0.2) is 5.11 Å². The summed E-state index contributed by atoms with van der Waals surface area (Å²) in [7, 11) is 0. The fourth-order valence-electron chi connectivity index (χ4n) is 1.56. The molecule has 3 nitrogen and oxygen atoms in total. The summed E-state index contributed by atoms with van der Waals surface area (Å²) in [6, 6.07) is 12.0. The molecule has 0 bridgehead atoms. The van der Waals surface area contributed by atoms with Crippen molar-refractivity contribution in [3.8, 4) is 0 Å². The van der Waals surface area contributed by atoms with Gasteiger partial charge in [-0.3, -0.25) is 10.1 Å². The Morgan fingerprint density at radius 2 is 1.86 bits per heavy atom. The molecule has 0 saturated carbocycles. The zero-order valence-corrected chi connectivity index (χ0v) is 14.4. The predicted octanol–water partition coefficient (Wildman–Crippen LogP) is 4.88. The minimum Gasteiger partial charge on any atom is -0.331 e. The van der Waals surface area contributed by atoms with Gasteiger partial charge in [0.2, 0.25) is 0 Å². The number of benzene rings is 2. The van der Waals surface area contributed by atoms with Gasteiger partial charge < -0.3 is 5.32 Å². The lowest BCUT2D eigenvalue weighted by Crippen LogP contribution is -2.34. The third kappa shape index (κ3) is 4.41. The van der Waals surface area contributed by atoms with Crippen LogP contribution in [0.1, 0.15) is 10.4 Å². The van der Waals surface area contributed by atoms with Crippen molar-refractivity contribution < 1.29 is 4.79 Å². The van der Waals surface area contributed by atoms with E-state index in [1.165, 1.54) is 0 Å². The summed E-state index contributed by atoms with van der Waals surface area (Å²) in [4.78, 5) is 12.1. The number of halogens is 3. The summed E-state index contributed by atoms with van der Waals surface area (Å²) in [6.07, 6.45) is 0. The number of carbonyl (C=O) groups excluding carboxylic acids is 1. The van der Waals surface area contributed by atoms with Crippen molar-refractivity contribution in [1.29, 1.82) is 0 Å². The Balaban J connectivity index is 2.07. The average molecular weight is 404 g/mol. The number of nitrogens with one attached hydrogen (secondary N) is 2. The van der Waals surface area contributed by atoms with Crippen molar-refractivity contribution in [2.75, 3.05) is 5.32 Å². The first-order valence-electron chi connectivity index (χ1n) is 5.79. The van der Waals surface area contributed by atoms with E-state index in [4.69, 9.17) is 35.4 Å². The maximum absolute atomic E-state index is 12.1. The van der Waals surface area contributed by atoms with Crippen LogP contribution in [0.5, 0.6) is 0 Å². The van der Waals surface area contributed by atoms with Crippen molar-refractivity contribution >= 4 is 68.1 Å². The van der Waals surface area contributed by atoms with Gasteiger partial charge in [-0.2, -0.15) is 0 Å². The molecule has 0 unspecified atom stereocenters. The summed E-state index contributed by atoms with van der Waals surface area (Å²) < 4.78 is 0.686. The molecule has 0 aromatic heterocycles. The van der Waals surface area contributed by atoms with Crippen molar-refractivity contribution in [2.24, 2.45) is 0 Å². The molecular weight excluding hydrogens is 395 g/mol. The first-order chi connectivity index (χ1) is 9.97. The van der Waals surface area contributed by atoms with E-state index >= 15 is 0 Å². The quantitative estimate of drug-likeness (QED) is 0.702. The van der Waals surface area contributed by atoms with E-state index in [0.717, 1.165) is 0 Å². The fourth-order valence-corrected chi connectivity index (χ4v) is 2.57. The lowest BCUT2D eigenvalue weighted by Gasteiger charge is -2.11. The average Bonchev–Trinajstić information content (AvgIpc) is 2.43. The van der Waals surface area contributed by atoms with Crippen LogP contribution in [0.3, 0.4) is 0 Å². The maximum Gasteiger partial charge on any atom is 0.258 e. The summed E-state index contributed by atoms with van der Waals surface area (Å²) in [6.45, 7) is 0. The van der Waals surface area contributed by atoms with Gasteiger partial charge in [0, 0.05) is 9.50 Å². The normalized spacial score (nSPS) is 10.0. The van der Waals surface area contributed by atoms with Crippen LogP contribution in [0.4, 0.5) is 5.69 Å². The standard InChI is InChI=1S/C14H9BrCl2N2OS/c15-10-4-2-1-3-9(10)13(20)19-14(21)18-12-7-8(16)5-6-11(12)17/h1-7H,(H2,18,19,20,21). The molecule has 0 heterocycles. The van der Waals surface area contributed by atoms with E-state index in [2.05, 4.69) is 26.6 Å². The number of thiocarbonyl (C=S) groups is 1. The van der Waals surface area contributed by atoms with Gasteiger partial charge in [-0.25, -0.2) is 0 Å². The number of hydrogen-bond acceptors (Lipinski definition) is 2. The van der Waals surface area contributed by atoms with E-state index in [-0.39, 0.29) is 11.0 Å². The van der Waals surface area contributed by atoms with Gasteiger partial charge in [-0.15, -0.1) is 0 Å². The molecule has 0 saturated heterocycles. The van der Waals surface area contributed by atoms with Gasteiger partial charge in [0.1, 0.15) is 0 Å². The molecule has 1 amide bonds. The van der Waals surface area contributed by atoms with E-state index in [1.54, 1.807) is 36.4 Å². The molecule has 0 fully saturated rings. The maximum atomic E-state index is 12.1. The lowest BCUT2D eigenvalue weighted by atomic mass is 10.2. The molecule has 2 aromatic carbocycles. The van der Waals surface area contributed by atoms with E-state index in [1.807, 2.05) is 6.07 Å². The molecule has 0 atom stereocenters. The van der Waals surface area contributed by atoms with E-state index in [0.29, 0.717) is 25.8 Å². The SMILES string of the molecule is O=C(NC(=S)Nc1cc(Cl)ccc1Cl)c1ccccc1Br. The smallest absolute Gasteiger partial charge is 0.258 e. The van der Waals surface area contributed by atoms with Crippen molar-refractivity contribution in [2.45, 2.75) is 0 Å². The number of anilines is 1. The lowest BCUT2D eigenvalue weighted by molar-refractivity contribution is 0.0977. The highest BCUT2D eigenvalue weighted by Crippen LogP contribution is 2.25.